The van der Waals surface area contributed by atoms with Crippen LogP contribution in [-0.2, 0) is 11.3 Å². The fourth-order valence-corrected chi connectivity index (χ4v) is 3.00. The molecule has 2 aromatic rings. The number of nitrogens with zero attached hydrogens (tertiary/aromatic N) is 3. The van der Waals surface area contributed by atoms with Crippen molar-refractivity contribution >= 4 is 34.7 Å². The standard InChI is InChI=1S/C19H21FN4O2S/c1-13(27)22-10-16-12-24(19(25)26-16)15-3-4-18(17(20)9-15)23(2)11-14-5-7-21-8-6-14/h3-9,16H,10-12H2,1-2H3,(H,22,27). The Hall–Kier alpha value is -2.74. The van der Waals surface area contributed by atoms with Gasteiger partial charge in [-0.25, -0.2) is 9.18 Å². The number of pyridine rings is 1. The highest BCUT2D eigenvalue weighted by Crippen LogP contribution is 2.28. The summed E-state index contributed by atoms with van der Waals surface area (Å²) in [6.45, 7) is 3.10. The van der Waals surface area contributed by atoms with Gasteiger partial charge in [0.15, 0.2) is 0 Å². The number of hydrogen-bond donors (Lipinski definition) is 1. The van der Waals surface area contributed by atoms with Gasteiger partial charge < -0.3 is 15.0 Å². The molecule has 1 unspecified atom stereocenters. The second-order valence-electron chi connectivity index (χ2n) is 6.40. The first-order chi connectivity index (χ1) is 12.9. The smallest absolute Gasteiger partial charge is 0.414 e. The van der Waals surface area contributed by atoms with Gasteiger partial charge in [-0.3, -0.25) is 9.88 Å². The number of carbonyl (C=O) groups is 1. The number of anilines is 2. The summed E-state index contributed by atoms with van der Waals surface area (Å²) in [7, 11) is 1.82. The number of hydrogen-bond acceptors (Lipinski definition) is 5. The van der Waals surface area contributed by atoms with Crippen molar-refractivity contribution < 1.29 is 13.9 Å². The molecule has 6 nitrogen and oxygen atoms in total. The molecule has 1 aliphatic rings. The number of cyclic esters (lactones) is 1. The van der Waals surface area contributed by atoms with Crippen LogP contribution in [0.4, 0.5) is 20.6 Å². The number of nitrogens with one attached hydrogen (secondary N) is 1. The Morgan fingerprint density at radius 2 is 2.15 bits per heavy atom. The number of carbonyl (C=O) groups excluding carboxylic acids is 1. The van der Waals surface area contributed by atoms with Crippen molar-refractivity contribution in [2.75, 3.05) is 29.9 Å². The quantitative estimate of drug-likeness (QED) is 0.768. The zero-order valence-corrected chi connectivity index (χ0v) is 16.0. The predicted octanol–water partition coefficient (Wildman–Crippen LogP) is 3.12. The predicted molar refractivity (Wildman–Crippen MR) is 107 cm³/mol. The number of amides is 1. The summed E-state index contributed by atoms with van der Waals surface area (Å²) in [6.07, 6.45) is 2.60. The lowest BCUT2D eigenvalue weighted by Gasteiger charge is -2.21. The largest absolute Gasteiger partial charge is 0.442 e. The Balaban J connectivity index is 1.69. The fourth-order valence-electron chi connectivity index (χ4n) is 2.92. The lowest BCUT2D eigenvalue weighted by atomic mass is 10.2. The van der Waals surface area contributed by atoms with Crippen LogP contribution in [0.1, 0.15) is 12.5 Å². The molecule has 3 rings (SSSR count). The molecule has 1 amide bonds. The minimum Gasteiger partial charge on any atom is -0.442 e. The molecular weight excluding hydrogens is 367 g/mol. The van der Waals surface area contributed by atoms with Crippen LogP contribution in [-0.4, -0.2) is 42.3 Å². The average Bonchev–Trinajstić information content (AvgIpc) is 3.01. The first-order valence-corrected chi connectivity index (χ1v) is 8.97. The third kappa shape index (κ3) is 4.71. The van der Waals surface area contributed by atoms with Gasteiger partial charge in [-0.2, -0.15) is 0 Å². The normalized spacial score (nSPS) is 16.2. The second kappa shape index (κ2) is 8.30. The number of thiocarbonyl (C=S) groups is 1. The maximum atomic E-state index is 14.7. The van der Waals surface area contributed by atoms with E-state index in [1.165, 1.54) is 11.0 Å². The first-order valence-electron chi connectivity index (χ1n) is 8.56. The lowest BCUT2D eigenvalue weighted by molar-refractivity contribution is 0.143. The Bertz CT molecular complexity index is 834. The average molecular weight is 388 g/mol. The van der Waals surface area contributed by atoms with Crippen molar-refractivity contribution in [3.8, 4) is 0 Å². The van der Waals surface area contributed by atoms with Crippen LogP contribution in [0.15, 0.2) is 42.7 Å². The highest BCUT2D eigenvalue weighted by molar-refractivity contribution is 7.80. The van der Waals surface area contributed by atoms with Gasteiger partial charge in [0.2, 0.25) is 0 Å². The van der Waals surface area contributed by atoms with Gasteiger partial charge in [-0.1, -0.05) is 12.2 Å². The number of ether oxygens (including phenoxy) is 1. The SMILES string of the molecule is CC(=S)NCC1CN(c2ccc(N(C)Cc3ccncc3)c(F)c2)C(=O)O1. The molecule has 1 N–H and O–H groups in total. The summed E-state index contributed by atoms with van der Waals surface area (Å²) in [5.74, 6) is -0.395. The molecule has 1 aliphatic heterocycles. The van der Waals surface area contributed by atoms with E-state index in [1.54, 1.807) is 31.5 Å². The van der Waals surface area contributed by atoms with Crippen molar-refractivity contribution in [1.82, 2.24) is 10.3 Å². The summed E-state index contributed by atoms with van der Waals surface area (Å²) >= 11 is 4.96. The Labute approximate surface area is 162 Å². The molecule has 1 fully saturated rings. The molecule has 1 saturated heterocycles. The topological polar surface area (TPSA) is 57.7 Å². The molecule has 1 aromatic carbocycles. The third-order valence-electron chi connectivity index (χ3n) is 4.28. The molecule has 8 heteroatoms. The molecule has 0 bridgehead atoms. The van der Waals surface area contributed by atoms with Crippen LogP contribution in [0.3, 0.4) is 0 Å². The molecule has 0 spiro atoms. The third-order valence-corrected chi connectivity index (χ3v) is 4.42. The zero-order valence-electron chi connectivity index (χ0n) is 15.2. The van der Waals surface area contributed by atoms with E-state index in [0.29, 0.717) is 36.0 Å². The highest BCUT2D eigenvalue weighted by Gasteiger charge is 2.32. The molecule has 0 aliphatic carbocycles. The second-order valence-corrected chi connectivity index (χ2v) is 7.01. The van der Waals surface area contributed by atoms with E-state index < -0.39 is 11.9 Å². The van der Waals surface area contributed by atoms with Gasteiger partial charge in [-0.15, -0.1) is 0 Å². The van der Waals surface area contributed by atoms with Crippen molar-refractivity contribution in [2.24, 2.45) is 0 Å². The fraction of sp³-hybridized carbons (Fsp3) is 0.316. The number of halogens is 1. The Morgan fingerprint density at radius 3 is 2.81 bits per heavy atom. The van der Waals surface area contributed by atoms with Crippen LogP contribution in [0.2, 0.25) is 0 Å². The van der Waals surface area contributed by atoms with E-state index in [0.717, 1.165) is 5.56 Å². The lowest BCUT2D eigenvalue weighted by Crippen LogP contribution is -2.32. The Kier molecular flexibility index (Phi) is 5.85. The van der Waals surface area contributed by atoms with Crippen LogP contribution in [0, 0.1) is 5.82 Å². The number of rotatable bonds is 6. The van der Waals surface area contributed by atoms with Gasteiger partial charge in [0.25, 0.3) is 0 Å². The number of aromatic nitrogens is 1. The van der Waals surface area contributed by atoms with Gasteiger partial charge in [0, 0.05) is 26.0 Å². The van der Waals surface area contributed by atoms with Crippen molar-refractivity contribution in [2.45, 2.75) is 19.6 Å². The van der Waals surface area contributed by atoms with Gasteiger partial charge in [-0.05, 0) is 42.8 Å². The molecule has 2 heterocycles. The van der Waals surface area contributed by atoms with Crippen molar-refractivity contribution in [3.05, 3.63) is 54.1 Å². The monoisotopic (exact) mass is 388 g/mol. The molecule has 0 radical (unpaired) electrons. The minimum absolute atomic E-state index is 0.326. The van der Waals surface area contributed by atoms with E-state index in [2.05, 4.69) is 10.3 Å². The van der Waals surface area contributed by atoms with Gasteiger partial charge in [0.1, 0.15) is 11.9 Å². The minimum atomic E-state index is -0.485. The summed E-state index contributed by atoms with van der Waals surface area (Å²) in [6, 6.07) is 8.53. The van der Waals surface area contributed by atoms with Crippen molar-refractivity contribution in [3.63, 3.8) is 0 Å². The first kappa shape index (κ1) is 19.0. The molecule has 142 valence electrons. The highest BCUT2D eigenvalue weighted by atomic mass is 32.1. The Morgan fingerprint density at radius 1 is 1.41 bits per heavy atom. The number of benzene rings is 1. The summed E-state index contributed by atoms with van der Waals surface area (Å²) in [5.41, 5.74) is 1.96. The van der Waals surface area contributed by atoms with E-state index >= 15 is 0 Å². The maximum Gasteiger partial charge on any atom is 0.414 e. The molecular formula is C19H21FN4O2S. The maximum absolute atomic E-state index is 14.7. The van der Waals surface area contributed by atoms with Crippen LogP contribution < -0.4 is 15.1 Å². The van der Waals surface area contributed by atoms with Gasteiger partial charge in [0.05, 0.1) is 29.5 Å². The summed E-state index contributed by atoms with van der Waals surface area (Å²) in [5, 5.41) is 2.98. The zero-order chi connectivity index (χ0) is 19.4. The summed E-state index contributed by atoms with van der Waals surface area (Å²) in [4.78, 5) is 20.0. The molecule has 1 aromatic heterocycles. The van der Waals surface area contributed by atoms with Gasteiger partial charge >= 0.3 is 6.09 Å². The van der Waals surface area contributed by atoms with E-state index in [4.69, 9.17) is 17.0 Å². The van der Waals surface area contributed by atoms with E-state index in [1.807, 2.05) is 24.1 Å². The van der Waals surface area contributed by atoms with Crippen LogP contribution >= 0.6 is 12.2 Å². The van der Waals surface area contributed by atoms with Crippen LogP contribution in [0.25, 0.3) is 0 Å². The van der Waals surface area contributed by atoms with Crippen LogP contribution in [0.5, 0.6) is 0 Å². The summed E-state index contributed by atoms with van der Waals surface area (Å²) < 4.78 is 20.0. The van der Waals surface area contributed by atoms with E-state index in [-0.39, 0.29) is 6.10 Å². The molecule has 1 atom stereocenters. The molecule has 27 heavy (non-hydrogen) atoms. The molecule has 0 saturated carbocycles. The van der Waals surface area contributed by atoms with E-state index in [9.17, 15) is 9.18 Å². The van der Waals surface area contributed by atoms with Crippen molar-refractivity contribution in [1.29, 1.82) is 0 Å².